The predicted octanol–water partition coefficient (Wildman–Crippen LogP) is 5.26. The third-order valence-corrected chi connectivity index (χ3v) is 6.47. The molecule has 1 saturated heterocycles. The summed E-state index contributed by atoms with van der Waals surface area (Å²) in [5, 5.41) is 7.44. The van der Waals surface area contributed by atoms with E-state index in [2.05, 4.69) is 22.2 Å². The molecule has 1 aliphatic heterocycles. The third kappa shape index (κ3) is 5.60. The van der Waals surface area contributed by atoms with E-state index in [1.165, 1.54) is 6.07 Å². The monoisotopic (exact) mass is 500 g/mol. The number of hydrogen-bond donors (Lipinski definition) is 3. The highest BCUT2D eigenvalue weighted by Crippen LogP contribution is 2.36. The van der Waals surface area contributed by atoms with Crippen molar-refractivity contribution in [2.24, 2.45) is 10.9 Å². The number of nitrogens with one attached hydrogen (secondary N) is 2. The molecule has 0 bridgehead atoms. The van der Waals surface area contributed by atoms with Crippen LogP contribution in [-0.4, -0.2) is 28.9 Å². The number of benzene rings is 2. The Labute approximate surface area is 208 Å². The molecule has 1 aromatic heterocycles. The number of aromatic nitrogens is 2. The Bertz CT molecular complexity index is 1180. The van der Waals surface area contributed by atoms with Crippen LogP contribution < -0.4 is 16.4 Å². The van der Waals surface area contributed by atoms with Crippen molar-refractivity contribution in [1.29, 1.82) is 0 Å². The number of nitrogens with two attached hydrogens (primary N) is 1. The summed E-state index contributed by atoms with van der Waals surface area (Å²) in [4.78, 5) is 9.09. The highest BCUT2D eigenvalue weighted by molar-refractivity contribution is 6.39. The van der Waals surface area contributed by atoms with E-state index in [1.807, 2.05) is 4.57 Å². The van der Waals surface area contributed by atoms with Crippen LogP contribution >= 0.6 is 23.2 Å². The number of rotatable bonds is 8. The van der Waals surface area contributed by atoms with Crippen molar-refractivity contribution in [3.8, 4) is 11.4 Å². The average Bonchev–Trinajstić information content (AvgIpc) is 3.12. The highest BCUT2D eigenvalue weighted by atomic mass is 35.5. The fourth-order valence-corrected chi connectivity index (χ4v) is 4.59. The molecule has 0 aliphatic carbocycles. The lowest BCUT2D eigenvalue weighted by Crippen LogP contribution is -2.32. The van der Waals surface area contributed by atoms with Gasteiger partial charge in [0.2, 0.25) is 0 Å². The van der Waals surface area contributed by atoms with Gasteiger partial charge in [0.1, 0.15) is 29.0 Å². The molecule has 2 aromatic carbocycles. The average molecular weight is 501 g/mol. The molecule has 4 N–H and O–H groups in total. The third-order valence-electron chi connectivity index (χ3n) is 5.84. The number of halogens is 3. The van der Waals surface area contributed by atoms with Gasteiger partial charge in [0, 0.05) is 18.7 Å². The van der Waals surface area contributed by atoms with E-state index < -0.39 is 0 Å². The first-order chi connectivity index (χ1) is 16.4. The van der Waals surface area contributed by atoms with Crippen molar-refractivity contribution < 1.29 is 4.39 Å². The molecule has 1 aliphatic rings. The van der Waals surface area contributed by atoms with Crippen molar-refractivity contribution in [2.75, 3.05) is 18.8 Å². The summed E-state index contributed by atoms with van der Waals surface area (Å²) in [5.74, 6) is 1.57. The molecule has 0 spiro atoms. The zero-order chi connectivity index (χ0) is 24.1. The van der Waals surface area contributed by atoms with Gasteiger partial charge in [-0.25, -0.2) is 14.4 Å². The molecule has 178 valence electrons. The molecule has 34 heavy (non-hydrogen) atoms. The number of nitrogens with zero attached hydrogens (tertiary/aromatic N) is 3. The Balaban J connectivity index is 1.59. The summed E-state index contributed by atoms with van der Waals surface area (Å²) in [7, 11) is 0. The van der Waals surface area contributed by atoms with Gasteiger partial charge in [-0.2, -0.15) is 0 Å². The molecule has 0 amide bonds. The van der Waals surface area contributed by atoms with Crippen LogP contribution in [0.4, 0.5) is 10.2 Å². The molecule has 0 unspecified atom stereocenters. The van der Waals surface area contributed by atoms with Gasteiger partial charge in [0.25, 0.3) is 0 Å². The SMILES string of the molecule is C=C(/N=C\c1nc(-c2c(Cl)cccc2Cl)n(C[C@@H]2CCCNC2)c1N)NCc1ccccc1F. The summed E-state index contributed by atoms with van der Waals surface area (Å²) in [5.41, 5.74) is 8.19. The second-order valence-corrected chi connectivity index (χ2v) is 9.09. The van der Waals surface area contributed by atoms with Crippen LogP contribution in [0.1, 0.15) is 24.1 Å². The molecule has 4 rings (SSSR count). The number of piperidine rings is 1. The minimum absolute atomic E-state index is 0.266. The smallest absolute Gasteiger partial charge is 0.145 e. The zero-order valence-corrected chi connectivity index (χ0v) is 20.2. The maximum absolute atomic E-state index is 13.8. The Hall–Kier alpha value is -2.87. The van der Waals surface area contributed by atoms with Gasteiger partial charge in [-0.3, -0.25) is 0 Å². The van der Waals surface area contributed by atoms with Gasteiger partial charge in [0.15, 0.2) is 0 Å². The predicted molar refractivity (Wildman–Crippen MR) is 138 cm³/mol. The van der Waals surface area contributed by atoms with Crippen LogP contribution in [0.3, 0.4) is 0 Å². The van der Waals surface area contributed by atoms with Crippen LogP contribution in [0, 0.1) is 11.7 Å². The first-order valence-corrected chi connectivity index (χ1v) is 11.9. The largest absolute Gasteiger partial charge is 0.383 e. The Morgan fingerprint density at radius 1 is 1.26 bits per heavy atom. The first kappa shape index (κ1) is 24.3. The Morgan fingerprint density at radius 2 is 2.03 bits per heavy atom. The molecule has 1 atom stereocenters. The maximum atomic E-state index is 13.8. The van der Waals surface area contributed by atoms with Crippen molar-refractivity contribution in [1.82, 2.24) is 20.2 Å². The Kier molecular flexibility index (Phi) is 7.88. The highest BCUT2D eigenvalue weighted by Gasteiger charge is 2.23. The maximum Gasteiger partial charge on any atom is 0.145 e. The molecule has 1 fully saturated rings. The molecular formula is C25H27Cl2FN6. The molecular weight excluding hydrogens is 474 g/mol. The van der Waals surface area contributed by atoms with E-state index in [-0.39, 0.29) is 12.4 Å². The molecule has 9 heteroatoms. The second kappa shape index (κ2) is 11.0. The topological polar surface area (TPSA) is 80.3 Å². The Morgan fingerprint density at radius 3 is 2.74 bits per heavy atom. The number of imidazole rings is 1. The van der Waals surface area contributed by atoms with E-state index in [1.54, 1.807) is 42.6 Å². The van der Waals surface area contributed by atoms with Crippen molar-refractivity contribution in [2.45, 2.75) is 25.9 Å². The van der Waals surface area contributed by atoms with E-state index in [0.29, 0.717) is 56.8 Å². The standard InChI is InChI=1S/C25H27Cl2FN6/c1-16(31-13-18-7-2-3-10-21(18)28)32-14-22-24(29)34(15-17-6-5-11-30-12-17)25(33-22)23-19(26)8-4-9-20(23)27/h2-4,7-10,14,17,30-31H,1,5-6,11-13,15,29H2/b32-14-/t17-/m1/s1. The quantitative estimate of drug-likeness (QED) is 0.368. The summed E-state index contributed by atoms with van der Waals surface area (Å²) in [6, 6.07) is 11.9. The number of nitrogen functional groups attached to an aromatic ring is 1. The van der Waals surface area contributed by atoms with Crippen molar-refractivity contribution in [3.63, 3.8) is 0 Å². The van der Waals surface area contributed by atoms with E-state index >= 15 is 0 Å². The van der Waals surface area contributed by atoms with Crippen molar-refractivity contribution in [3.05, 3.63) is 82.0 Å². The fourth-order valence-electron chi connectivity index (χ4n) is 4.03. The molecule has 0 saturated carbocycles. The van der Waals surface area contributed by atoms with E-state index in [4.69, 9.17) is 33.9 Å². The lowest BCUT2D eigenvalue weighted by atomic mass is 9.99. The second-order valence-electron chi connectivity index (χ2n) is 8.28. The normalized spacial score (nSPS) is 16.1. The number of aliphatic imine (C=N–C) groups is 1. The van der Waals surface area contributed by atoms with Gasteiger partial charge < -0.3 is 20.9 Å². The number of anilines is 1. The zero-order valence-electron chi connectivity index (χ0n) is 18.7. The summed E-state index contributed by atoms with van der Waals surface area (Å²) in [6.45, 7) is 6.78. The summed E-state index contributed by atoms with van der Waals surface area (Å²) in [6.07, 6.45) is 3.76. The number of hydrogen-bond acceptors (Lipinski definition) is 5. The summed E-state index contributed by atoms with van der Waals surface area (Å²) >= 11 is 13.0. The van der Waals surface area contributed by atoms with Gasteiger partial charge >= 0.3 is 0 Å². The van der Waals surface area contributed by atoms with Crippen LogP contribution in [0.25, 0.3) is 11.4 Å². The van der Waals surface area contributed by atoms with Gasteiger partial charge in [-0.1, -0.05) is 54.0 Å². The minimum atomic E-state index is -0.284. The minimum Gasteiger partial charge on any atom is -0.383 e. The van der Waals surface area contributed by atoms with Crippen LogP contribution in [-0.2, 0) is 13.1 Å². The molecule has 2 heterocycles. The fraction of sp³-hybridized carbons (Fsp3) is 0.280. The molecule has 3 aromatic rings. The van der Waals surface area contributed by atoms with Crippen molar-refractivity contribution >= 4 is 35.2 Å². The molecule has 0 radical (unpaired) electrons. The van der Waals surface area contributed by atoms with Crippen LogP contribution in [0.15, 0.2) is 59.9 Å². The molecule has 6 nitrogen and oxygen atoms in total. The van der Waals surface area contributed by atoms with Gasteiger partial charge in [-0.15, -0.1) is 0 Å². The van der Waals surface area contributed by atoms with Crippen LogP contribution in [0.2, 0.25) is 10.0 Å². The first-order valence-electron chi connectivity index (χ1n) is 11.2. The van der Waals surface area contributed by atoms with E-state index in [9.17, 15) is 4.39 Å². The lowest BCUT2D eigenvalue weighted by molar-refractivity contribution is 0.340. The van der Waals surface area contributed by atoms with Crippen LogP contribution in [0.5, 0.6) is 0 Å². The summed E-state index contributed by atoms with van der Waals surface area (Å²) < 4.78 is 15.8. The lowest BCUT2D eigenvalue weighted by Gasteiger charge is -2.24. The van der Waals surface area contributed by atoms with E-state index in [0.717, 1.165) is 25.9 Å². The van der Waals surface area contributed by atoms with Gasteiger partial charge in [0.05, 0.1) is 21.8 Å². The van der Waals surface area contributed by atoms with Gasteiger partial charge in [-0.05, 0) is 50.0 Å².